The number of amides is 3. The number of nitriles is 1. The number of carbonyl (C=O) groups is 3. The Labute approximate surface area is 195 Å². The number of nitrogens with zero attached hydrogens (tertiary/aromatic N) is 1. The Hall–Kier alpha value is -4.35. The van der Waals surface area contributed by atoms with Gasteiger partial charge in [-0.15, -0.1) is 0 Å². The van der Waals surface area contributed by atoms with Crippen molar-refractivity contribution in [3.8, 4) is 11.8 Å². The third-order valence-corrected chi connectivity index (χ3v) is 4.58. The molecule has 0 saturated heterocycles. The maximum Gasteiger partial charge on any atom is 0.262 e. The van der Waals surface area contributed by atoms with Crippen LogP contribution in [0.2, 0.25) is 5.02 Å². The Balaban J connectivity index is 1.52. The highest BCUT2D eigenvalue weighted by Gasteiger charge is 2.14. The van der Waals surface area contributed by atoms with Crippen LogP contribution in [0.15, 0.2) is 72.8 Å². The van der Waals surface area contributed by atoms with Crippen molar-refractivity contribution in [2.75, 3.05) is 23.8 Å². The predicted molar refractivity (Wildman–Crippen MR) is 124 cm³/mol. The zero-order valence-corrected chi connectivity index (χ0v) is 18.1. The summed E-state index contributed by atoms with van der Waals surface area (Å²) in [5, 5.41) is 17.2. The molecule has 0 bridgehead atoms. The Morgan fingerprint density at radius 1 is 0.848 bits per heavy atom. The van der Waals surface area contributed by atoms with Crippen molar-refractivity contribution in [2.24, 2.45) is 0 Å². The summed E-state index contributed by atoms with van der Waals surface area (Å²) in [4.78, 5) is 36.8. The van der Waals surface area contributed by atoms with E-state index >= 15 is 0 Å². The van der Waals surface area contributed by atoms with Crippen molar-refractivity contribution in [1.82, 2.24) is 5.32 Å². The van der Waals surface area contributed by atoms with E-state index in [1.54, 1.807) is 66.7 Å². The van der Waals surface area contributed by atoms with Gasteiger partial charge in [0.05, 0.1) is 23.7 Å². The lowest BCUT2D eigenvalue weighted by Crippen LogP contribution is -2.33. The van der Waals surface area contributed by atoms with Crippen LogP contribution in [0.5, 0.6) is 5.75 Å². The first-order valence-corrected chi connectivity index (χ1v) is 10.2. The second kappa shape index (κ2) is 11.3. The summed E-state index contributed by atoms with van der Waals surface area (Å²) in [5.74, 6) is -1.17. The van der Waals surface area contributed by atoms with Crippen molar-refractivity contribution >= 4 is 40.7 Å². The summed E-state index contributed by atoms with van der Waals surface area (Å²) < 4.78 is 5.51. The molecule has 0 atom stereocenters. The molecule has 0 aliphatic carbocycles. The quantitative estimate of drug-likeness (QED) is 0.472. The van der Waals surface area contributed by atoms with Crippen molar-refractivity contribution in [3.05, 3.63) is 88.9 Å². The van der Waals surface area contributed by atoms with Crippen LogP contribution in [0.1, 0.15) is 15.9 Å². The second-order valence-electron chi connectivity index (χ2n) is 6.76. The number of carbonyl (C=O) groups excluding carboxylic acids is 3. The van der Waals surface area contributed by atoms with Crippen molar-refractivity contribution in [2.45, 2.75) is 0 Å². The van der Waals surface area contributed by atoms with Gasteiger partial charge >= 0.3 is 0 Å². The van der Waals surface area contributed by atoms with E-state index in [1.807, 2.05) is 6.07 Å². The van der Waals surface area contributed by atoms with Crippen LogP contribution < -0.4 is 20.7 Å². The highest BCUT2D eigenvalue weighted by molar-refractivity contribution is 6.30. The lowest BCUT2D eigenvalue weighted by Gasteiger charge is -2.12. The van der Waals surface area contributed by atoms with E-state index in [4.69, 9.17) is 21.6 Å². The van der Waals surface area contributed by atoms with E-state index in [1.165, 1.54) is 6.07 Å². The lowest BCUT2D eigenvalue weighted by atomic mass is 10.2. The van der Waals surface area contributed by atoms with E-state index in [0.29, 0.717) is 22.0 Å². The van der Waals surface area contributed by atoms with E-state index < -0.39 is 17.7 Å². The first kappa shape index (κ1) is 23.3. The van der Waals surface area contributed by atoms with Gasteiger partial charge in [0.25, 0.3) is 11.8 Å². The molecule has 3 aromatic rings. The number of rotatable bonds is 8. The molecule has 0 spiro atoms. The summed E-state index contributed by atoms with van der Waals surface area (Å²) in [6.45, 7) is -0.587. The molecule has 3 amide bonds. The fraction of sp³-hybridized carbons (Fsp3) is 0.0833. The minimum absolute atomic E-state index is 0.183. The molecule has 0 heterocycles. The fourth-order valence-corrected chi connectivity index (χ4v) is 2.87. The van der Waals surface area contributed by atoms with Crippen LogP contribution in [0.4, 0.5) is 11.4 Å². The van der Waals surface area contributed by atoms with Crippen LogP contribution in [-0.2, 0) is 9.59 Å². The lowest BCUT2D eigenvalue weighted by molar-refractivity contribution is -0.118. The number of para-hydroxylation sites is 1. The van der Waals surface area contributed by atoms with Gasteiger partial charge < -0.3 is 20.7 Å². The monoisotopic (exact) mass is 462 g/mol. The Morgan fingerprint density at radius 2 is 1.45 bits per heavy atom. The molecule has 8 nitrogen and oxygen atoms in total. The first-order chi connectivity index (χ1) is 15.9. The number of hydrogen-bond acceptors (Lipinski definition) is 5. The molecule has 0 aliphatic heterocycles. The molecule has 0 aliphatic rings. The molecule has 33 heavy (non-hydrogen) atoms. The number of halogens is 1. The average molecular weight is 463 g/mol. The molecule has 0 unspecified atom stereocenters. The molecule has 3 rings (SSSR count). The van der Waals surface area contributed by atoms with Gasteiger partial charge in [0.1, 0.15) is 5.75 Å². The SMILES string of the molecule is N#Cc1ccc(NC(=O)CNC(=O)c2ccccc2OCC(=O)Nc2ccc(Cl)cc2)cc1. The summed E-state index contributed by atoms with van der Waals surface area (Å²) in [6.07, 6.45) is 0. The van der Waals surface area contributed by atoms with E-state index in [-0.39, 0.29) is 24.5 Å². The Bertz CT molecular complexity index is 1190. The molecule has 0 aromatic heterocycles. The van der Waals surface area contributed by atoms with Gasteiger partial charge in [0.2, 0.25) is 5.91 Å². The largest absolute Gasteiger partial charge is 0.483 e. The van der Waals surface area contributed by atoms with Gasteiger partial charge in [-0.3, -0.25) is 14.4 Å². The molecule has 0 radical (unpaired) electrons. The Kier molecular flexibility index (Phi) is 8.00. The van der Waals surface area contributed by atoms with Gasteiger partial charge in [-0.05, 0) is 60.7 Å². The van der Waals surface area contributed by atoms with Gasteiger partial charge in [0.15, 0.2) is 6.61 Å². The van der Waals surface area contributed by atoms with E-state index in [2.05, 4.69) is 16.0 Å². The maximum atomic E-state index is 12.6. The fourth-order valence-electron chi connectivity index (χ4n) is 2.74. The minimum Gasteiger partial charge on any atom is -0.483 e. The van der Waals surface area contributed by atoms with Gasteiger partial charge in [-0.25, -0.2) is 0 Å². The highest BCUT2D eigenvalue weighted by atomic mass is 35.5. The maximum absolute atomic E-state index is 12.6. The number of hydrogen-bond donors (Lipinski definition) is 3. The topological polar surface area (TPSA) is 120 Å². The van der Waals surface area contributed by atoms with Gasteiger partial charge in [0, 0.05) is 16.4 Å². The smallest absolute Gasteiger partial charge is 0.262 e. The number of nitrogens with one attached hydrogen (secondary N) is 3. The van der Waals surface area contributed by atoms with Crippen molar-refractivity contribution in [3.63, 3.8) is 0 Å². The summed E-state index contributed by atoms with van der Waals surface area (Å²) >= 11 is 5.82. The molecule has 3 aromatic carbocycles. The number of benzene rings is 3. The predicted octanol–water partition coefficient (Wildman–Crippen LogP) is 3.60. The zero-order valence-electron chi connectivity index (χ0n) is 17.3. The third kappa shape index (κ3) is 7.09. The summed E-state index contributed by atoms with van der Waals surface area (Å²) in [7, 11) is 0. The van der Waals surface area contributed by atoms with Gasteiger partial charge in [-0.2, -0.15) is 5.26 Å². The number of ether oxygens (including phenoxy) is 1. The number of anilines is 2. The van der Waals surface area contributed by atoms with Crippen LogP contribution in [0.3, 0.4) is 0 Å². The van der Waals surface area contributed by atoms with Gasteiger partial charge in [-0.1, -0.05) is 23.7 Å². The van der Waals surface area contributed by atoms with E-state index in [9.17, 15) is 14.4 Å². The first-order valence-electron chi connectivity index (χ1n) is 9.80. The second-order valence-corrected chi connectivity index (χ2v) is 7.20. The molecule has 0 fully saturated rings. The van der Waals surface area contributed by atoms with Crippen LogP contribution >= 0.6 is 11.6 Å². The minimum atomic E-state index is -0.529. The van der Waals surface area contributed by atoms with Crippen LogP contribution in [0, 0.1) is 11.3 Å². The summed E-state index contributed by atoms with van der Waals surface area (Å²) in [6, 6.07) is 21.3. The van der Waals surface area contributed by atoms with Crippen LogP contribution in [0.25, 0.3) is 0 Å². The zero-order chi connectivity index (χ0) is 23.6. The van der Waals surface area contributed by atoms with Crippen molar-refractivity contribution in [1.29, 1.82) is 5.26 Å². The average Bonchev–Trinajstić information content (AvgIpc) is 2.83. The molecule has 166 valence electrons. The standard InChI is InChI=1S/C24H19ClN4O4/c25-17-7-11-19(12-8-17)29-23(31)15-33-21-4-2-1-3-20(21)24(32)27-14-22(30)28-18-9-5-16(13-26)6-10-18/h1-12H,14-15H2,(H,27,32)(H,28,30)(H,29,31). The molecular weight excluding hydrogens is 444 g/mol. The van der Waals surface area contributed by atoms with Crippen LogP contribution in [-0.4, -0.2) is 30.9 Å². The third-order valence-electron chi connectivity index (χ3n) is 4.33. The normalized spacial score (nSPS) is 9.94. The van der Waals surface area contributed by atoms with E-state index in [0.717, 1.165) is 0 Å². The summed E-state index contributed by atoms with van der Waals surface area (Å²) in [5.41, 5.74) is 1.72. The molecule has 0 saturated carbocycles. The Morgan fingerprint density at radius 3 is 2.12 bits per heavy atom. The van der Waals surface area contributed by atoms with Crippen molar-refractivity contribution < 1.29 is 19.1 Å². The molecule has 9 heteroatoms. The highest BCUT2D eigenvalue weighted by Crippen LogP contribution is 2.18. The molecule has 3 N–H and O–H groups in total. The molecular formula is C24H19ClN4O4.